The van der Waals surface area contributed by atoms with Crippen molar-refractivity contribution in [3.63, 3.8) is 0 Å². The molecule has 1 heterocycles. The molecule has 2 aromatic rings. The maximum Gasteiger partial charge on any atom is 0.0758 e. The van der Waals surface area contributed by atoms with Gasteiger partial charge in [0.25, 0.3) is 0 Å². The zero-order valence-corrected chi connectivity index (χ0v) is 11.5. The predicted octanol–water partition coefficient (Wildman–Crippen LogP) is 2.62. The summed E-state index contributed by atoms with van der Waals surface area (Å²) in [5.41, 5.74) is 1.15. The minimum Gasteiger partial charge on any atom is -0.391 e. The van der Waals surface area contributed by atoms with Crippen LogP contribution in [-0.2, 0) is 0 Å². The minimum absolute atomic E-state index is 0.298. The lowest BCUT2D eigenvalue weighted by molar-refractivity contribution is 0.196. The molecule has 1 atom stereocenters. The van der Waals surface area contributed by atoms with E-state index in [1.165, 1.54) is 5.39 Å². The number of thioether (sulfide) groups is 1. The fraction of sp³-hybridized carbons (Fsp3) is 0.429. The quantitative estimate of drug-likeness (QED) is 0.532. The van der Waals surface area contributed by atoms with Crippen molar-refractivity contribution in [2.75, 3.05) is 18.8 Å². The molecule has 0 aliphatic rings. The molecule has 3 N–H and O–H groups in total. The Kier molecular flexibility index (Phi) is 5.11. The van der Waals surface area contributed by atoms with Crippen LogP contribution in [0.25, 0.3) is 10.9 Å². The number of hydrogen-bond acceptors (Lipinski definition) is 3. The highest BCUT2D eigenvalue weighted by Gasteiger charge is 2.06. The first kappa shape index (κ1) is 13.5. The monoisotopic (exact) mass is 264 g/mol. The van der Waals surface area contributed by atoms with Gasteiger partial charge < -0.3 is 15.4 Å². The molecule has 0 bridgehead atoms. The van der Waals surface area contributed by atoms with Gasteiger partial charge in [0.15, 0.2) is 0 Å². The number of aliphatic hydroxyl groups is 1. The Balaban J connectivity index is 1.82. The second-order valence-corrected chi connectivity index (χ2v) is 5.45. The van der Waals surface area contributed by atoms with Crippen molar-refractivity contribution >= 4 is 22.7 Å². The lowest BCUT2D eigenvalue weighted by Crippen LogP contribution is -2.28. The number of aromatic amines is 1. The van der Waals surface area contributed by atoms with Crippen LogP contribution < -0.4 is 5.32 Å². The van der Waals surface area contributed by atoms with Crippen LogP contribution in [-0.4, -0.2) is 35.0 Å². The molecule has 0 spiro atoms. The molecular formula is C14H20N2OS. The Hall–Kier alpha value is -0.970. The molecule has 98 valence electrons. The van der Waals surface area contributed by atoms with Crippen molar-refractivity contribution in [1.82, 2.24) is 10.3 Å². The third-order valence-electron chi connectivity index (χ3n) is 2.74. The molecule has 0 aliphatic carbocycles. The second-order valence-electron chi connectivity index (χ2n) is 4.39. The summed E-state index contributed by atoms with van der Waals surface area (Å²) < 4.78 is 0. The van der Waals surface area contributed by atoms with Gasteiger partial charge in [-0.05, 0) is 25.1 Å². The van der Waals surface area contributed by atoms with Crippen molar-refractivity contribution < 1.29 is 5.11 Å². The van der Waals surface area contributed by atoms with Gasteiger partial charge in [-0.1, -0.05) is 25.1 Å². The lowest BCUT2D eigenvalue weighted by Gasteiger charge is -2.10. The average molecular weight is 264 g/mol. The number of para-hydroxylation sites is 1. The largest absolute Gasteiger partial charge is 0.391 e. The first-order valence-corrected chi connectivity index (χ1v) is 7.37. The van der Waals surface area contributed by atoms with Crippen LogP contribution in [0.5, 0.6) is 0 Å². The molecule has 0 aliphatic heterocycles. The SMILES string of the molecule is CCCNCC(O)CSc1cc2ccccc2[nH]1. The zero-order chi connectivity index (χ0) is 12.8. The third-order valence-corrected chi connectivity index (χ3v) is 3.83. The van der Waals surface area contributed by atoms with Crippen LogP contribution in [0.3, 0.4) is 0 Å². The zero-order valence-electron chi connectivity index (χ0n) is 10.6. The van der Waals surface area contributed by atoms with E-state index in [0.29, 0.717) is 12.3 Å². The third kappa shape index (κ3) is 3.77. The van der Waals surface area contributed by atoms with E-state index in [-0.39, 0.29) is 6.10 Å². The molecule has 0 radical (unpaired) electrons. The van der Waals surface area contributed by atoms with Crippen molar-refractivity contribution in [3.05, 3.63) is 30.3 Å². The highest BCUT2D eigenvalue weighted by atomic mass is 32.2. The van der Waals surface area contributed by atoms with E-state index in [1.807, 2.05) is 12.1 Å². The standard InChI is InChI=1S/C14H20N2OS/c1-2-7-15-9-12(17)10-18-14-8-11-5-3-4-6-13(11)16-14/h3-6,8,12,15-17H,2,7,9-10H2,1H3. The van der Waals surface area contributed by atoms with E-state index in [0.717, 1.165) is 23.5 Å². The molecule has 1 aromatic carbocycles. The first-order valence-electron chi connectivity index (χ1n) is 6.39. The summed E-state index contributed by atoms with van der Waals surface area (Å²) in [5, 5.41) is 15.4. The molecule has 18 heavy (non-hydrogen) atoms. The van der Waals surface area contributed by atoms with Crippen LogP contribution in [0.4, 0.5) is 0 Å². The normalized spacial score (nSPS) is 13.0. The van der Waals surface area contributed by atoms with E-state index in [2.05, 4.69) is 35.4 Å². The lowest BCUT2D eigenvalue weighted by atomic mass is 10.3. The van der Waals surface area contributed by atoms with Crippen molar-refractivity contribution in [2.24, 2.45) is 0 Å². The molecule has 0 amide bonds. The van der Waals surface area contributed by atoms with Gasteiger partial charge in [-0.15, -0.1) is 11.8 Å². The molecule has 0 fully saturated rings. The average Bonchev–Trinajstić information content (AvgIpc) is 2.79. The summed E-state index contributed by atoms with van der Waals surface area (Å²) in [6.07, 6.45) is 0.801. The Bertz CT molecular complexity index is 450. The number of aromatic nitrogens is 1. The Morgan fingerprint density at radius 1 is 1.39 bits per heavy atom. The van der Waals surface area contributed by atoms with Gasteiger partial charge in [-0.3, -0.25) is 0 Å². The van der Waals surface area contributed by atoms with E-state index in [4.69, 9.17) is 0 Å². The summed E-state index contributed by atoms with van der Waals surface area (Å²) in [4.78, 5) is 3.35. The smallest absolute Gasteiger partial charge is 0.0758 e. The first-order chi connectivity index (χ1) is 8.79. The number of H-pyrrole nitrogens is 1. The van der Waals surface area contributed by atoms with E-state index < -0.39 is 0 Å². The van der Waals surface area contributed by atoms with Gasteiger partial charge in [-0.25, -0.2) is 0 Å². The van der Waals surface area contributed by atoms with Crippen LogP contribution in [0.2, 0.25) is 0 Å². The van der Waals surface area contributed by atoms with Gasteiger partial charge in [0, 0.05) is 23.2 Å². The number of fused-ring (bicyclic) bond motifs is 1. The van der Waals surface area contributed by atoms with Gasteiger partial charge in [0.05, 0.1) is 11.1 Å². The molecule has 2 rings (SSSR count). The molecule has 1 aromatic heterocycles. The summed E-state index contributed by atoms with van der Waals surface area (Å²) in [6, 6.07) is 10.4. The maximum atomic E-state index is 9.81. The topological polar surface area (TPSA) is 48.0 Å². The maximum absolute atomic E-state index is 9.81. The Morgan fingerprint density at radius 3 is 3.00 bits per heavy atom. The Labute approximate surface area is 112 Å². The number of hydrogen-bond donors (Lipinski definition) is 3. The molecule has 0 saturated heterocycles. The van der Waals surface area contributed by atoms with Crippen molar-refractivity contribution in [2.45, 2.75) is 24.5 Å². The summed E-state index contributed by atoms with van der Waals surface area (Å²) in [7, 11) is 0. The van der Waals surface area contributed by atoms with Gasteiger partial charge in [0.1, 0.15) is 0 Å². The van der Waals surface area contributed by atoms with Crippen LogP contribution >= 0.6 is 11.8 Å². The number of rotatable bonds is 7. The summed E-state index contributed by atoms with van der Waals surface area (Å²) in [6.45, 7) is 3.76. The highest BCUT2D eigenvalue weighted by Crippen LogP contribution is 2.23. The van der Waals surface area contributed by atoms with Crippen LogP contribution in [0, 0.1) is 0 Å². The van der Waals surface area contributed by atoms with E-state index >= 15 is 0 Å². The van der Waals surface area contributed by atoms with Gasteiger partial charge in [0.2, 0.25) is 0 Å². The highest BCUT2D eigenvalue weighted by molar-refractivity contribution is 7.99. The predicted molar refractivity (Wildman–Crippen MR) is 78.2 cm³/mol. The molecule has 4 heteroatoms. The molecule has 1 unspecified atom stereocenters. The van der Waals surface area contributed by atoms with Gasteiger partial charge in [-0.2, -0.15) is 0 Å². The van der Waals surface area contributed by atoms with Crippen LogP contribution in [0.15, 0.2) is 35.4 Å². The Morgan fingerprint density at radius 2 is 2.22 bits per heavy atom. The summed E-state index contributed by atoms with van der Waals surface area (Å²) >= 11 is 1.67. The number of nitrogens with one attached hydrogen (secondary N) is 2. The van der Waals surface area contributed by atoms with Crippen molar-refractivity contribution in [1.29, 1.82) is 0 Å². The van der Waals surface area contributed by atoms with Crippen molar-refractivity contribution in [3.8, 4) is 0 Å². The number of aliphatic hydroxyl groups excluding tert-OH is 1. The second kappa shape index (κ2) is 6.83. The molecule has 3 nitrogen and oxygen atoms in total. The summed E-state index contributed by atoms with van der Waals surface area (Å²) in [5.74, 6) is 0.712. The minimum atomic E-state index is -0.298. The van der Waals surface area contributed by atoms with E-state index in [1.54, 1.807) is 11.8 Å². The molecular weight excluding hydrogens is 244 g/mol. The van der Waals surface area contributed by atoms with Crippen LogP contribution in [0.1, 0.15) is 13.3 Å². The fourth-order valence-corrected chi connectivity index (χ4v) is 2.70. The number of benzene rings is 1. The molecule has 0 saturated carbocycles. The fourth-order valence-electron chi connectivity index (χ4n) is 1.81. The van der Waals surface area contributed by atoms with E-state index in [9.17, 15) is 5.11 Å². The van der Waals surface area contributed by atoms with Gasteiger partial charge >= 0.3 is 0 Å².